The van der Waals surface area contributed by atoms with Crippen molar-refractivity contribution in [1.82, 2.24) is 4.90 Å². The number of rotatable bonds is 1. The molecule has 0 amide bonds. The summed E-state index contributed by atoms with van der Waals surface area (Å²) in [6.45, 7) is 6.17. The van der Waals surface area contributed by atoms with E-state index in [1.165, 1.54) is 45.2 Å². The third-order valence-corrected chi connectivity index (χ3v) is 4.41. The minimum absolute atomic E-state index is 0.365. The van der Waals surface area contributed by atoms with Crippen LogP contribution in [0.4, 0.5) is 0 Å². The topological polar surface area (TPSA) is 15.8 Å². The SMILES string of the molecule is CC1(N2CCC2)CCC2(CC1)CO2. The van der Waals surface area contributed by atoms with E-state index in [1.54, 1.807) is 0 Å². The van der Waals surface area contributed by atoms with E-state index >= 15 is 0 Å². The molecule has 0 aromatic carbocycles. The first-order valence-corrected chi connectivity index (χ1v) is 5.62. The molecule has 0 radical (unpaired) electrons. The largest absolute Gasteiger partial charge is 0.370 e. The first kappa shape index (κ1) is 8.25. The Hall–Kier alpha value is -0.0800. The number of nitrogens with zero attached hydrogens (tertiary/aromatic N) is 1. The van der Waals surface area contributed by atoms with Crippen LogP contribution < -0.4 is 0 Å². The minimum atomic E-state index is 0.365. The first-order valence-electron chi connectivity index (χ1n) is 5.62. The third kappa shape index (κ3) is 1.23. The number of likely N-dealkylation sites (tertiary alicyclic amines) is 1. The van der Waals surface area contributed by atoms with Crippen LogP contribution in [-0.2, 0) is 4.74 Å². The molecule has 13 heavy (non-hydrogen) atoms. The zero-order valence-corrected chi connectivity index (χ0v) is 8.51. The van der Waals surface area contributed by atoms with Gasteiger partial charge in [0.25, 0.3) is 0 Å². The van der Waals surface area contributed by atoms with Gasteiger partial charge in [0.05, 0.1) is 12.2 Å². The van der Waals surface area contributed by atoms with Gasteiger partial charge in [0.2, 0.25) is 0 Å². The second-order valence-electron chi connectivity index (χ2n) is 5.31. The molecular formula is C11H19NO. The van der Waals surface area contributed by atoms with Crippen LogP contribution in [0.15, 0.2) is 0 Å². The number of ether oxygens (including phenoxy) is 1. The Morgan fingerprint density at radius 1 is 1.08 bits per heavy atom. The predicted molar refractivity (Wildman–Crippen MR) is 51.7 cm³/mol. The van der Waals surface area contributed by atoms with Crippen LogP contribution in [-0.4, -0.2) is 35.7 Å². The van der Waals surface area contributed by atoms with Gasteiger partial charge >= 0.3 is 0 Å². The Bertz CT molecular complexity index is 208. The highest BCUT2D eigenvalue weighted by Gasteiger charge is 2.51. The summed E-state index contributed by atoms with van der Waals surface area (Å²) in [5.41, 5.74) is 0.889. The maximum atomic E-state index is 5.54. The van der Waals surface area contributed by atoms with Crippen molar-refractivity contribution >= 4 is 0 Å². The average molecular weight is 181 g/mol. The Morgan fingerprint density at radius 3 is 2.08 bits per heavy atom. The van der Waals surface area contributed by atoms with E-state index in [0.717, 1.165) is 6.61 Å². The van der Waals surface area contributed by atoms with Crippen molar-refractivity contribution < 1.29 is 4.74 Å². The fourth-order valence-electron chi connectivity index (χ4n) is 2.81. The molecule has 2 saturated heterocycles. The van der Waals surface area contributed by atoms with Gasteiger partial charge in [-0.25, -0.2) is 0 Å². The van der Waals surface area contributed by atoms with E-state index in [-0.39, 0.29) is 0 Å². The lowest BCUT2D eigenvalue weighted by atomic mass is 9.75. The van der Waals surface area contributed by atoms with Crippen molar-refractivity contribution in [1.29, 1.82) is 0 Å². The van der Waals surface area contributed by atoms with Crippen LogP contribution in [0.5, 0.6) is 0 Å². The van der Waals surface area contributed by atoms with Gasteiger partial charge in [-0.3, -0.25) is 4.90 Å². The molecule has 0 unspecified atom stereocenters. The Morgan fingerprint density at radius 2 is 1.69 bits per heavy atom. The third-order valence-electron chi connectivity index (χ3n) is 4.41. The van der Waals surface area contributed by atoms with Gasteiger partial charge in [0, 0.05) is 5.54 Å². The number of hydrogen-bond acceptors (Lipinski definition) is 2. The van der Waals surface area contributed by atoms with Gasteiger partial charge in [-0.2, -0.15) is 0 Å². The first-order chi connectivity index (χ1) is 6.23. The summed E-state index contributed by atoms with van der Waals surface area (Å²) in [7, 11) is 0. The van der Waals surface area contributed by atoms with E-state index in [2.05, 4.69) is 11.8 Å². The summed E-state index contributed by atoms with van der Waals surface area (Å²) >= 11 is 0. The quantitative estimate of drug-likeness (QED) is 0.573. The summed E-state index contributed by atoms with van der Waals surface area (Å²) in [4.78, 5) is 2.67. The molecule has 3 fully saturated rings. The molecule has 74 valence electrons. The van der Waals surface area contributed by atoms with Gasteiger partial charge in [-0.1, -0.05) is 0 Å². The molecule has 2 heterocycles. The predicted octanol–water partition coefficient (Wildman–Crippen LogP) is 1.79. The van der Waals surface area contributed by atoms with E-state index in [4.69, 9.17) is 4.74 Å². The molecule has 3 rings (SSSR count). The summed E-state index contributed by atoms with van der Waals surface area (Å²) < 4.78 is 5.54. The van der Waals surface area contributed by atoms with Crippen LogP contribution in [0.3, 0.4) is 0 Å². The van der Waals surface area contributed by atoms with Crippen LogP contribution in [0, 0.1) is 0 Å². The van der Waals surface area contributed by atoms with Crippen molar-refractivity contribution in [2.45, 2.75) is 50.2 Å². The van der Waals surface area contributed by atoms with Crippen molar-refractivity contribution in [3.63, 3.8) is 0 Å². The number of epoxide rings is 1. The maximum absolute atomic E-state index is 5.54. The fourth-order valence-corrected chi connectivity index (χ4v) is 2.81. The second kappa shape index (κ2) is 2.48. The Kier molecular flexibility index (Phi) is 1.58. The molecule has 2 aliphatic heterocycles. The molecule has 0 bridgehead atoms. The molecule has 2 nitrogen and oxygen atoms in total. The fraction of sp³-hybridized carbons (Fsp3) is 1.00. The lowest BCUT2D eigenvalue weighted by Gasteiger charge is -2.50. The van der Waals surface area contributed by atoms with Gasteiger partial charge in [0.1, 0.15) is 0 Å². The molecule has 0 aromatic rings. The zero-order chi connectivity index (χ0) is 8.94. The molecule has 0 atom stereocenters. The van der Waals surface area contributed by atoms with Gasteiger partial charge in [-0.05, 0) is 52.1 Å². The number of hydrogen-bond donors (Lipinski definition) is 0. The summed E-state index contributed by atoms with van der Waals surface area (Å²) in [6, 6.07) is 0. The van der Waals surface area contributed by atoms with Gasteiger partial charge in [-0.15, -0.1) is 0 Å². The highest BCUT2D eigenvalue weighted by Crippen LogP contribution is 2.47. The molecule has 0 aromatic heterocycles. The highest BCUT2D eigenvalue weighted by atomic mass is 16.6. The van der Waals surface area contributed by atoms with Gasteiger partial charge < -0.3 is 4.74 Å². The summed E-state index contributed by atoms with van der Waals surface area (Å²) in [5, 5.41) is 0. The Balaban J connectivity index is 1.65. The monoisotopic (exact) mass is 181 g/mol. The van der Waals surface area contributed by atoms with Gasteiger partial charge in [0.15, 0.2) is 0 Å². The van der Waals surface area contributed by atoms with E-state index in [1.807, 2.05) is 0 Å². The molecule has 1 saturated carbocycles. The van der Waals surface area contributed by atoms with Crippen molar-refractivity contribution in [2.24, 2.45) is 0 Å². The van der Waals surface area contributed by atoms with E-state index in [9.17, 15) is 0 Å². The molecule has 2 heteroatoms. The van der Waals surface area contributed by atoms with E-state index in [0.29, 0.717) is 11.1 Å². The van der Waals surface area contributed by atoms with Crippen LogP contribution in [0.25, 0.3) is 0 Å². The average Bonchev–Trinajstić information content (AvgIpc) is 2.74. The van der Waals surface area contributed by atoms with Crippen LogP contribution in [0.2, 0.25) is 0 Å². The molecule has 1 aliphatic carbocycles. The molecule has 1 spiro atoms. The molecule has 0 N–H and O–H groups in total. The van der Waals surface area contributed by atoms with Crippen LogP contribution in [0.1, 0.15) is 39.0 Å². The van der Waals surface area contributed by atoms with Crippen molar-refractivity contribution in [3.8, 4) is 0 Å². The Labute approximate surface area is 80.2 Å². The normalized spacial score (nSPS) is 50.5. The van der Waals surface area contributed by atoms with E-state index < -0.39 is 0 Å². The standard InChI is InChI=1S/C11H19NO/c1-10(12-7-2-8-12)3-5-11(6-4-10)9-13-11/h2-9H2,1H3. The zero-order valence-electron chi connectivity index (χ0n) is 8.51. The van der Waals surface area contributed by atoms with Crippen LogP contribution >= 0.6 is 0 Å². The summed E-state index contributed by atoms with van der Waals surface area (Å²) in [5.74, 6) is 0. The lowest BCUT2D eigenvalue weighted by Crippen LogP contribution is -2.55. The summed E-state index contributed by atoms with van der Waals surface area (Å²) in [6.07, 6.45) is 6.73. The van der Waals surface area contributed by atoms with Crippen molar-refractivity contribution in [3.05, 3.63) is 0 Å². The molecular weight excluding hydrogens is 162 g/mol. The smallest absolute Gasteiger partial charge is 0.0918 e. The molecule has 3 aliphatic rings. The minimum Gasteiger partial charge on any atom is -0.370 e. The van der Waals surface area contributed by atoms with Crippen molar-refractivity contribution in [2.75, 3.05) is 19.7 Å². The second-order valence-corrected chi connectivity index (χ2v) is 5.31. The highest BCUT2D eigenvalue weighted by molar-refractivity contribution is 5.04. The maximum Gasteiger partial charge on any atom is 0.0918 e. The lowest BCUT2D eigenvalue weighted by molar-refractivity contribution is -0.00153.